The first-order valence-corrected chi connectivity index (χ1v) is 12.8. The molecule has 9 heteroatoms. The predicted molar refractivity (Wildman–Crippen MR) is 139 cm³/mol. The molecule has 8 nitrogen and oxygen atoms in total. The van der Waals surface area contributed by atoms with E-state index in [1.165, 1.54) is 43.8 Å². The minimum absolute atomic E-state index is 0.199. The highest BCUT2D eigenvalue weighted by molar-refractivity contribution is 7.89. The van der Waals surface area contributed by atoms with Crippen LogP contribution in [0.2, 0.25) is 0 Å². The maximum absolute atomic E-state index is 13.1. The summed E-state index contributed by atoms with van der Waals surface area (Å²) in [5.74, 6) is 1.47. The number of nitrogens with one attached hydrogen (secondary N) is 1. The minimum atomic E-state index is -3.63. The fourth-order valence-corrected chi connectivity index (χ4v) is 5.27. The maximum Gasteiger partial charge on any atom is 0.248 e. The summed E-state index contributed by atoms with van der Waals surface area (Å²) in [5, 5.41) is 2.74. The first-order valence-electron chi connectivity index (χ1n) is 11.4. The zero-order chi connectivity index (χ0) is 26.2. The number of anilines is 1. The third kappa shape index (κ3) is 7.73. The molecule has 0 spiro atoms. The summed E-state index contributed by atoms with van der Waals surface area (Å²) < 4.78 is 43.8. The van der Waals surface area contributed by atoms with Crippen LogP contribution in [0.4, 0.5) is 5.69 Å². The highest BCUT2D eigenvalue weighted by atomic mass is 32.2. The average molecular weight is 505 g/mol. The molecule has 0 bridgehead atoms. The molecule has 2 aromatic carbocycles. The van der Waals surface area contributed by atoms with Crippen LogP contribution >= 0.6 is 0 Å². The topological polar surface area (TPSA) is 94.2 Å². The van der Waals surface area contributed by atoms with E-state index in [1.54, 1.807) is 30.3 Å². The van der Waals surface area contributed by atoms with Crippen molar-refractivity contribution >= 4 is 27.7 Å². The molecule has 0 saturated heterocycles. The van der Waals surface area contributed by atoms with Crippen LogP contribution in [0.3, 0.4) is 0 Å². The van der Waals surface area contributed by atoms with Crippen molar-refractivity contribution in [3.05, 3.63) is 48.0 Å². The van der Waals surface area contributed by atoms with Gasteiger partial charge in [-0.3, -0.25) is 4.79 Å². The zero-order valence-electron chi connectivity index (χ0n) is 21.5. The Bertz CT molecular complexity index is 1090. The van der Waals surface area contributed by atoms with Gasteiger partial charge in [-0.05, 0) is 59.9 Å². The molecule has 0 aliphatic heterocycles. The second kappa shape index (κ2) is 12.6. The molecule has 35 heavy (non-hydrogen) atoms. The van der Waals surface area contributed by atoms with E-state index < -0.39 is 10.0 Å². The first-order chi connectivity index (χ1) is 16.5. The molecule has 0 fully saturated rings. The molecule has 0 aromatic heterocycles. The van der Waals surface area contributed by atoms with Gasteiger partial charge in [0, 0.05) is 24.9 Å². The Morgan fingerprint density at radius 2 is 1.43 bits per heavy atom. The van der Waals surface area contributed by atoms with Gasteiger partial charge >= 0.3 is 0 Å². The standard InChI is InChI=1S/C26H36N2O6S/c1-18(2)16-28(17-19(3)4)35(30,31)22-11-9-21(10-12-22)27-25(29)13-8-20-14-23(32-5)26(34-7)24(15-20)33-6/h8-15,18-19H,16-17H2,1-7H3,(H,27,29)/b13-8+. The van der Waals surface area contributed by atoms with Crippen LogP contribution in [0.25, 0.3) is 6.08 Å². The van der Waals surface area contributed by atoms with Crippen molar-refractivity contribution in [2.45, 2.75) is 32.6 Å². The Hall–Kier alpha value is -3.04. The number of hydrogen-bond acceptors (Lipinski definition) is 6. The molecule has 192 valence electrons. The van der Waals surface area contributed by atoms with Crippen molar-refractivity contribution in [2.24, 2.45) is 11.8 Å². The summed E-state index contributed by atoms with van der Waals surface area (Å²) in [6.45, 7) is 8.87. The van der Waals surface area contributed by atoms with Gasteiger partial charge in [0.2, 0.25) is 21.7 Å². The van der Waals surface area contributed by atoms with Crippen LogP contribution < -0.4 is 19.5 Å². The molecular weight excluding hydrogens is 468 g/mol. The monoisotopic (exact) mass is 504 g/mol. The fourth-order valence-electron chi connectivity index (χ4n) is 3.50. The Morgan fingerprint density at radius 1 is 0.914 bits per heavy atom. The summed E-state index contributed by atoms with van der Waals surface area (Å²) in [5.41, 5.74) is 1.18. The zero-order valence-corrected chi connectivity index (χ0v) is 22.3. The van der Waals surface area contributed by atoms with Gasteiger partial charge in [-0.1, -0.05) is 27.7 Å². The van der Waals surface area contributed by atoms with Crippen LogP contribution in [0, 0.1) is 11.8 Å². The molecule has 1 N–H and O–H groups in total. The van der Waals surface area contributed by atoms with Crippen LogP contribution in [-0.4, -0.2) is 53.0 Å². The van der Waals surface area contributed by atoms with Crippen molar-refractivity contribution < 1.29 is 27.4 Å². The summed E-state index contributed by atoms with van der Waals surface area (Å²) in [6, 6.07) is 9.65. The Balaban J connectivity index is 2.15. The molecular formula is C26H36N2O6S. The number of carbonyl (C=O) groups is 1. The fraction of sp³-hybridized carbons (Fsp3) is 0.423. The molecule has 0 heterocycles. The first kappa shape index (κ1) is 28.2. The van der Waals surface area contributed by atoms with E-state index in [0.717, 1.165) is 0 Å². The normalized spacial score (nSPS) is 11.9. The van der Waals surface area contributed by atoms with Crippen molar-refractivity contribution in [3.8, 4) is 17.2 Å². The third-order valence-corrected chi connectivity index (χ3v) is 6.86. The van der Waals surface area contributed by atoms with E-state index in [4.69, 9.17) is 14.2 Å². The van der Waals surface area contributed by atoms with Gasteiger partial charge in [0.05, 0.1) is 26.2 Å². The van der Waals surface area contributed by atoms with Crippen molar-refractivity contribution in [1.82, 2.24) is 4.31 Å². The van der Waals surface area contributed by atoms with Gasteiger partial charge in [0.1, 0.15) is 0 Å². The van der Waals surface area contributed by atoms with Crippen molar-refractivity contribution in [1.29, 1.82) is 0 Å². The van der Waals surface area contributed by atoms with Gasteiger partial charge in [-0.2, -0.15) is 4.31 Å². The molecule has 0 atom stereocenters. The number of hydrogen-bond donors (Lipinski definition) is 1. The third-order valence-electron chi connectivity index (χ3n) is 5.01. The van der Waals surface area contributed by atoms with E-state index in [0.29, 0.717) is 41.6 Å². The molecule has 2 rings (SSSR count). The number of amides is 1. The summed E-state index contributed by atoms with van der Waals surface area (Å²) in [4.78, 5) is 12.6. The van der Waals surface area contributed by atoms with Crippen LogP contribution in [0.5, 0.6) is 17.2 Å². The van der Waals surface area contributed by atoms with Gasteiger partial charge in [-0.25, -0.2) is 8.42 Å². The molecule has 0 unspecified atom stereocenters. The highest BCUT2D eigenvalue weighted by Crippen LogP contribution is 2.38. The van der Waals surface area contributed by atoms with Gasteiger partial charge in [-0.15, -0.1) is 0 Å². The van der Waals surface area contributed by atoms with E-state index in [-0.39, 0.29) is 22.6 Å². The van der Waals surface area contributed by atoms with Crippen LogP contribution in [0.1, 0.15) is 33.3 Å². The number of carbonyl (C=O) groups excluding carboxylic acids is 1. The molecule has 0 radical (unpaired) electrons. The van der Waals surface area contributed by atoms with Gasteiger partial charge in [0.15, 0.2) is 11.5 Å². The Labute approximate surface area is 208 Å². The quantitative estimate of drug-likeness (QED) is 0.422. The minimum Gasteiger partial charge on any atom is -0.493 e. The van der Waals surface area contributed by atoms with E-state index >= 15 is 0 Å². The second-order valence-electron chi connectivity index (χ2n) is 8.92. The smallest absolute Gasteiger partial charge is 0.248 e. The lowest BCUT2D eigenvalue weighted by Crippen LogP contribution is -2.37. The maximum atomic E-state index is 13.1. The lowest BCUT2D eigenvalue weighted by atomic mass is 10.1. The van der Waals surface area contributed by atoms with Crippen LogP contribution in [-0.2, 0) is 14.8 Å². The second-order valence-corrected chi connectivity index (χ2v) is 10.9. The average Bonchev–Trinajstić information content (AvgIpc) is 2.81. The lowest BCUT2D eigenvalue weighted by molar-refractivity contribution is -0.111. The number of ether oxygens (including phenoxy) is 3. The highest BCUT2D eigenvalue weighted by Gasteiger charge is 2.25. The number of nitrogens with zero attached hydrogens (tertiary/aromatic N) is 1. The number of benzene rings is 2. The molecule has 1 amide bonds. The molecule has 2 aromatic rings. The lowest BCUT2D eigenvalue weighted by Gasteiger charge is -2.25. The van der Waals surface area contributed by atoms with Crippen LogP contribution in [0.15, 0.2) is 47.4 Å². The predicted octanol–water partition coefficient (Wildman–Crippen LogP) is 4.67. The van der Waals surface area contributed by atoms with Crippen molar-refractivity contribution in [3.63, 3.8) is 0 Å². The van der Waals surface area contributed by atoms with E-state index in [1.807, 2.05) is 27.7 Å². The van der Waals surface area contributed by atoms with Gasteiger partial charge < -0.3 is 19.5 Å². The number of methoxy groups -OCH3 is 3. The van der Waals surface area contributed by atoms with Crippen molar-refractivity contribution in [2.75, 3.05) is 39.7 Å². The molecule has 0 saturated carbocycles. The van der Waals surface area contributed by atoms with E-state index in [2.05, 4.69) is 5.32 Å². The summed E-state index contributed by atoms with van der Waals surface area (Å²) in [7, 11) is 0.931. The Morgan fingerprint density at radius 3 is 1.86 bits per heavy atom. The Kier molecular flexibility index (Phi) is 10.2. The largest absolute Gasteiger partial charge is 0.493 e. The summed E-state index contributed by atoms with van der Waals surface area (Å²) in [6.07, 6.45) is 2.99. The molecule has 0 aliphatic carbocycles. The van der Waals surface area contributed by atoms with Gasteiger partial charge in [0.25, 0.3) is 0 Å². The number of rotatable bonds is 12. The number of sulfonamides is 1. The summed E-state index contributed by atoms with van der Waals surface area (Å²) >= 11 is 0. The molecule has 0 aliphatic rings. The van der Waals surface area contributed by atoms with E-state index in [9.17, 15) is 13.2 Å². The SMILES string of the molecule is COc1cc(/C=C/C(=O)Nc2ccc(S(=O)(=O)N(CC(C)C)CC(C)C)cc2)cc(OC)c1OC.